The van der Waals surface area contributed by atoms with Crippen LogP contribution in [0.5, 0.6) is 0 Å². The first kappa shape index (κ1) is 15.8. The molecule has 0 aromatic rings. The first-order valence-corrected chi connectivity index (χ1v) is 13.1. The minimum absolute atomic E-state index is 0.117. The van der Waals surface area contributed by atoms with Gasteiger partial charge in [0.25, 0.3) is 0 Å². The van der Waals surface area contributed by atoms with Crippen molar-refractivity contribution in [2.45, 2.75) is 48.4 Å². The molecule has 5 nitrogen and oxygen atoms in total. The summed E-state index contributed by atoms with van der Waals surface area (Å²) in [5, 5.41) is 2.72. The molecule has 0 aromatic carbocycles. The molecule has 1 aliphatic heterocycles. The van der Waals surface area contributed by atoms with E-state index in [0.29, 0.717) is 0 Å². The van der Waals surface area contributed by atoms with Crippen molar-refractivity contribution >= 4 is 31.1 Å². The molecule has 1 aliphatic rings. The molecule has 0 atom stereocenters. The van der Waals surface area contributed by atoms with Gasteiger partial charge in [-0.1, -0.05) is 0 Å². The fourth-order valence-corrected chi connectivity index (χ4v) is 11.9. The van der Waals surface area contributed by atoms with E-state index in [1.807, 2.05) is 0 Å². The number of hydrogen-bond acceptors (Lipinski definition) is 5. The van der Waals surface area contributed by atoms with Gasteiger partial charge in [0.2, 0.25) is 0 Å². The van der Waals surface area contributed by atoms with Gasteiger partial charge in [-0.15, -0.1) is 0 Å². The van der Waals surface area contributed by atoms with Gasteiger partial charge in [0.15, 0.2) is 0 Å². The van der Waals surface area contributed by atoms with E-state index in [9.17, 15) is 9.59 Å². The van der Waals surface area contributed by atoms with Gasteiger partial charge in [-0.05, 0) is 0 Å². The molecule has 0 amide bonds. The van der Waals surface area contributed by atoms with Gasteiger partial charge >= 0.3 is 114 Å². The van der Waals surface area contributed by atoms with E-state index in [2.05, 4.69) is 19.2 Å². The molecule has 18 heavy (non-hydrogen) atoms. The van der Waals surface area contributed by atoms with Crippen LogP contribution in [-0.4, -0.2) is 44.2 Å². The van der Waals surface area contributed by atoms with E-state index >= 15 is 0 Å². The molecule has 1 heterocycles. The fourth-order valence-electron chi connectivity index (χ4n) is 2.00. The van der Waals surface area contributed by atoms with E-state index in [0.717, 1.165) is 34.6 Å². The number of hydrogen-bond donors (Lipinski definition) is 1. The molecule has 0 bridgehead atoms. The van der Waals surface area contributed by atoms with E-state index in [-0.39, 0.29) is 25.0 Å². The van der Waals surface area contributed by atoms with E-state index in [1.165, 1.54) is 0 Å². The molecule has 0 aromatic heterocycles. The predicted molar refractivity (Wildman–Crippen MR) is 70.2 cm³/mol. The Morgan fingerprint density at radius 3 is 1.83 bits per heavy atom. The Labute approximate surface area is 114 Å². The van der Waals surface area contributed by atoms with Crippen LogP contribution in [-0.2, 0) is 15.7 Å². The molecule has 0 saturated carbocycles. The van der Waals surface area contributed by atoms with Gasteiger partial charge in [-0.25, -0.2) is 0 Å². The van der Waals surface area contributed by atoms with Crippen LogP contribution < -0.4 is 5.32 Å². The second kappa shape index (κ2) is 7.99. The summed E-state index contributed by atoms with van der Waals surface area (Å²) in [5.41, 5.74) is 0. The van der Waals surface area contributed by atoms with Crippen LogP contribution in [0.25, 0.3) is 0 Å². The van der Waals surface area contributed by atoms with Crippen molar-refractivity contribution in [3.63, 3.8) is 0 Å². The molecule has 0 radical (unpaired) electrons. The summed E-state index contributed by atoms with van der Waals surface area (Å²) in [7, 11) is 0. The summed E-state index contributed by atoms with van der Waals surface area (Å²) in [6.07, 6.45) is 3.98. The Bertz CT molecular complexity index is 268. The van der Waals surface area contributed by atoms with Gasteiger partial charge in [0, 0.05) is 0 Å². The van der Waals surface area contributed by atoms with Gasteiger partial charge < -0.3 is 0 Å². The second-order valence-electron chi connectivity index (χ2n) is 4.67. The van der Waals surface area contributed by atoms with Crippen molar-refractivity contribution in [3.8, 4) is 0 Å². The summed E-state index contributed by atoms with van der Waals surface area (Å²) >= 11 is -3.51. The SMILES string of the molecule is CCC[CH2][Sn]1([CH2]CCC)[O]C(=O)CNCC(=O)[O]1. The second-order valence-corrected chi connectivity index (χ2v) is 13.9. The monoisotopic (exact) mass is 365 g/mol. The first-order valence-electron chi connectivity index (χ1n) is 6.76. The molecule has 1 N–H and O–H groups in total. The maximum atomic E-state index is 11.7. The van der Waals surface area contributed by atoms with Crippen molar-refractivity contribution in [2.24, 2.45) is 0 Å². The van der Waals surface area contributed by atoms with Crippen LogP contribution >= 0.6 is 0 Å². The van der Waals surface area contributed by atoms with Gasteiger partial charge in [0.1, 0.15) is 0 Å². The van der Waals surface area contributed by atoms with Gasteiger partial charge in [0.05, 0.1) is 0 Å². The number of nitrogens with one attached hydrogen (secondary N) is 1. The Kier molecular flexibility index (Phi) is 6.99. The maximum absolute atomic E-state index is 11.7. The summed E-state index contributed by atoms with van der Waals surface area (Å²) in [5.74, 6) is -0.518. The van der Waals surface area contributed by atoms with Crippen LogP contribution in [0.4, 0.5) is 0 Å². The van der Waals surface area contributed by atoms with Crippen molar-refractivity contribution in [3.05, 3.63) is 0 Å². The minimum atomic E-state index is -3.51. The Morgan fingerprint density at radius 1 is 1.00 bits per heavy atom. The van der Waals surface area contributed by atoms with E-state index < -0.39 is 19.2 Å². The third-order valence-electron chi connectivity index (χ3n) is 2.96. The Balaban J connectivity index is 2.78. The van der Waals surface area contributed by atoms with Crippen LogP contribution in [0, 0.1) is 0 Å². The Morgan fingerprint density at radius 2 is 1.44 bits per heavy atom. The predicted octanol–water partition coefficient (Wildman–Crippen LogP) is 1.72. The Hall–Kier alpha value is -0.301. The number of rotatable bonds is 6. The fraction of sp³-hybridized carbons (Fsp3) is 0.833. The molecule has 104 valence electrons. The first-order chi connectivity index (χ1) is 8.62. The third-order valence-corrected chi connectivity index (χ3v) is 12.8. The van der Waals surface area contributed by atoms with Crippen LogP contribution in [0.2, 0.25) is 8.87 Å². The molecular formula is C12H23NO4Sn. The van der Waals surface area contributed by atoms with Crippen molar-refractivity contribution in [2.75, 3.05) is 13.1 Å². The summed E-state index contributed by atoms with van der Waals surface area (Å²) in [4.78, 5) is 23.3. The third kappa shape index (κ3) is 5.14. The van der Waals surface area contributed by atoms with Crippen LogP contribution in [0.15, 0.2) is 0 Å². The van der Waals surface area contributed by atoms with Crippen LogP contribution in [0.1, 0.15) is 39.5 Å². The van der Waals surface area contributed by atoms with Crippen molar-refractivity contribution in [1.29, 1.82) is 0 Å². The molecule has 0 aliphatic carbocycles. The zero-order valence-corrected chi connectivity index (χ0v) is 14.1. The molecular weight excluding hydrogens is 341 g/mol. The molecule has 0 spiro atoms. The quantitative estimate of drug-likeness (QED) is 0.728. The molecule has 1 fully saturated rings. The average Bonchev–Trinajstić information content (AvgIpc) is 2.32. The summed E-state index contributed by atoms with van der Waals surface area (Å²) < 4.78 is 12.8. The summed E-state index contributed by atoms with van der Waals surface area (Å²) in [6, 6.07) is 0. The number of carbonyl (C=O) groups is 2. The van der Waals surface area contributed by atoms with E-state index in [1.54, 1.807) is 0 Å². The zero-order valence-electron chi connectivity index (χ0n) is 11.3. The van der Waals surface area contributed by atoms with Crippen molar-refractivity contribution in [1.82, 2.24) is 5.32 Å². The topological polar surface area (TPSA) is 64.6 Å². The van der Waals surface area contributed by atoms with Crippen LogP contribution in [0.3, 0.4) is 0 Å². The molecule has 1 rings (SSSR count). The van der Waals surface area contributed by atoms with E-state index in [4.69, 9.17) is 6.15 Å². The average molecular weight is 364 g/mol. The van der Waals surface area contributed by atoms with Gasteiger partial charge in [-0.2, -0.15) is 0 Å². The van der Waals surface area contributed by atoms with Crippen molar-refractivity contribution < 1.29 is 15.7 Å². The molecule has 1 saturated heterocycles. The zero-order chi connectivity index (χ0) is 13.4. The van der Waals surface area contributed by atoms with Gasteiger partial charge in [-0.3, -0.25) is 0 Å². The normalized spacial score (nSPS) is 19.7. The molecule has 0 unspecified atom stereocenters. The number of carbonyl (C=O) groups excluding carboxylic acids is 2. The number of unbranched alkanes of at least 4 members (excludes halogenated alkanes) is 2. The summed E-state index contributed by atoms with van der Waals surface area (Å²) in [6.45, 7) is 4.42. The standard InChI is InChI=1S/C4H7NO4.2C4H9.Sn/c6-3(7)1-5-2-4(8)9;2*1-3-4-2;/h5H,1-2H2,(H,6,7)(H,8,9);2*1,3-4H2,2H3;/q;;;+2/p-2. The molecule has 6 heteroatoms.